The predicted octanol–water partition coefficient (Wildman–Crippen LogP) is 1.32. The fourth-order valence-electron chi connectivity index (χ4n) is 3.00. The van der Waals surface area contributed by atoms with Crippen LogP contribution in [0.3, 0.4) is 0 Å². The molecule has 2 heterocycles. The van der Waals surface area contributed by atoms with Gasteiger partial charge in [0, 0.05) is 44.5 Å². The molecule has 1 fully saturated rings. The molecule has 0 bridgehead atoms. The minimum Gasteiger partial charge on any atom is -0.392 e. The van der Waals surface area contributed by atoms with Crippen LogP contribution in [0.2, 0.25) is 0 Å². The van der Waals surface area contributed by atoms with Crippen LogP contribution in [0.1, 0.15) is 22.8 Å². The summed E-state index contributed by atoms with van der Waals surface area (Å²) in [7, 11) is 0. The smallest absolute Gasteiger partial charge is 0.253 e. The van der Waals surface area contributed by atoms with E-state index in [4.69, 9.17) is 0 Å². The number of carbonyl (C=O) groups excluding carboxylic acids is 1. The number of piperazine rings is 1. The first-order chi connectivity index (χ1) is 11.5. The number of β-amino-alcohol motifs (C(OH)–C–C–N with tert-alkyl or cyclic N) is 1. The third-order valence-corrected chi connectivity index (χ3v) is 4.27. The molecule has 1 aromatic carbocycles. The number of amides is 1. The summed E-state index contributed by atoms with van der Waals surface area (Å²) in [6, 6.07) is 7.56. The molecule has 6 nitrogen and oxygen atoms in total. The molecule has 1 atom stereocenters. The van der Waals surface area contributed by atoms with Crippen LogP contribution in [0.4, 0.5) is 0 Å². The first kappa shape index (κ1) is 16.7. The molecule has 1 aliphatic heterocycles. The van der Waals surface area contributed by atoms with Crippen LogP contribution in [0.5, 0.6) is 0 Å². The fraction of sp³-hybridized carbons (Fsp3) is 0.444. The van der Waals surface area contributed by atoms with Gasteiger partial charge in [-0.3, -0.25) is 9.69 Å². The zero-order chi connectivity index (χ0) is 17.1. The lowest BCUT2D eigenvalue weighted by molar-refractivity contribution is 0.0554. The summed E-state index contributed by atoms with van der Waals surface area (Å²) in [5.41, 5.74) is 2.75. The number of carbonyl (C=O) groups is 1. The monoisotopic (exact) mass is 328 g/mol. The van der Waals surface area contributed by atoms with Crippen LogP contribution in [-0.2, 0) is 0 Å². The molecule has 0 aliphatic carbocycles. The van der Waals surface area contributed by atoms with Gasteiger partial charge in [-0.15, -0.1) is 0 Å². The highest BCUT2D eigenvalue weighted by Gasteiger charge is 2.22. The predicted molar refractivity (Wildman–Crippen MR) is 92.3 cm³/mol. The lowest BCUT2D eigenvalue weighted by Crippen LogP contribution is -2.50. The SMILES string of the molecule is Cc1cnn(-c2ccc(C(=O)N3CCN(C[C@@H](C)O)CC3)cc2)c1. The van der Waals surface area contributed by atoms with Gasteiger partial charge < -0.3 is 10.0 Å². The van der Waals surface area contributed by atoms with Gasteiger partial charge in [0.15, 0.2) is 0 Å². The van der Waals surface area contributed by atoms with Gasteiger partial charge in [0.05, 0.1) is 18.0 Å². The van der Waals surface area contributed by atoms with Gasteiger partial charge in [-0.25, -0.2) is 4.68 Å². The molecular formula is C18H24N4O2. The molecule has 2 aromatic rings. The number of aliphatic hydroxyl groups is 1. The van der Waals surface area contributed by atoms with E-state index in [1.54, 1.807) is 11.6 Å². The van der Waals surface area contributed by atoms with Crippen molar-refractivity contribution in [1.29, 1.82) is 0 Å². The van der Waals surface area contributed by atoms with Crippen LogP contribution in [0, 0.1) is 6.92 Å². The molecule has 128 valence electrons. The zero-order valence-corrected chi connectivity index (χ0v) is 14.2. The van der Waals surface area contributed by atoms with Gasteiger partial charge >= 0.3 is 0 Å². The van der Waals surface area contributed by atoms with Crippen molar-refractivity contribution in [2.75, 3.05) is 32.7 Å². The van der Waals surface area contributed by atoms with Gasteiger partial charge in [0.2, 0.25) is 0 Å². The van der Waals surface area contributed by atoms with Gasteiger partial charge in [0.25, 0.3) is 5.91 Å². The molecule has 1 aliphatic rings. The number of hydrogen-bond acceptors (Lipinski definition) is 4. The highest BCUT2D eigenvalue weighted by atomic mass is 16.3. The Kier molecular flexibility index (Phi) is 4.97. The van der Waals surface area contributed by atoms with E-state index >= 15 is 0 Å². The van der Waals surface area contributed by atoms with Gasteiger partial charge in [0.1, 0.15) is 0 Å². The second kappa shape index (κ2) is 7.15. The van der Waals surface area contributed by atoms with Crippen molar-refractivity contribution in [3.05, 3.63) is 47.8 Å². The molecular weight excluding hydrogens is 304 g/mol. The standard InChI is InChI=1S/C18H24N4O2/c1-14-11-19-22(12-14)17-5-3-16(4-6-17)18(24)21-9-7-20(8-10-21)13-15(2)23/h3-6,11-12,15,23H,7-10,13H2,1-2H3/t15-/m1/s1. The highest BCUT2D eigenvalue weighted by molar-refractivity contribution is 5.94. The third-order valence-electron chi connectivity index (χ3n) is 4.27. The van der Waals surface area contributed by atoms with Crippen molar-refractivity contribution >= 4 is 5.91 Å². The number of hydrogen-bond donors (Lipinski definition) is 1. The van der Waals surface area contributed by atoms with Gasteiger partial charge in [-0.2, -0.15) is 5.10 Å². The third kappa shape index (κ3) is 3.83. The Labute approximate surface area is 142 Å². The van der Waals surface area contributed by atoms with Gasteiger partial charge in [-0.05, 0) is 43.7 Å². The molecule has 0 spiro atoms. The molecule has 24 heavy (non-hydrogen) atoms. The van der Waals surface area contributed by atoms with E-state index in [0.717, 1.165) is 24.3 Å². The number of aromatic nitrogens is 2. The van der Waals surface area contributed by atoms with Gasteiger partial charge in [-0.1, -0.05) is 0 Å². The normalized spacial score (nSPS) is 17.0. The zero-order valence-electron chi connectivity index (χ0n) is 14.2. The van der Waals surface area contributed by atoms with Crippen molar-refractivity contribution in [3.8, 4) is 5.69 Å². The lowest BCUT2D eigenvalue weighted by atomic mass is 10.1. The summed E-state index contributed by atoms with van der Waals surface area (Å²) in [6.07, 6.45) is 3.44. The summed E-state index contributed by atoms with van der Waals surface area (Å²) in [6.45, 7) is 7.47. The van der Waals surface area contributed by atoms with Crippen molar-refractivity contribution in [2.24, 2.45) is 0 Å². The average molecular weight is 328 g/mol. The fourth-order valence-corrected chi connectivity index (χ4v) is 3.00. The molecule has 1 aromatic heterocycles. The molecule has 0 unspecified atom stereocenters. The second-order valence-corrected chi connectivity index (χ2v) is 6.45. The molecule has 0 radical (unpaired) electrons. The van der Waals surface area contributed by atoms with E-state index in [2.05, 4.69) is 10.00 Å². The maximum Gasteiger partial charge on any atom is 0.253 e. The van der Waals surface area contributed by atoms with Crippen LogP contribution in [0.25, 0.3) is 5.69 Å². The minimum atomic E-state index is -0.328. The van der Waals surface area contributed by atoms with Crippen LogP contribution in [0.15, 0.2) is 36.7 Å². The Hall–Kier alpha value is -2.18. The average Bonchev–Trinajstić information content (AvgIpc) is 3.01. The maximum atomic E-state index is 12.6. The topological polar surface area (TPSA) is 61.6 Å². The molecule has 3 rings (SSSR count). The Morgan fingerprint density at radius 2 is 1.88 bits per heavy atom. The Bertz CT molecular complexity index is 685. The number of aryl methyl sites for hydroxylation is 1. The van der Waals surface area contributed by atoms with Crippen molar-refractivity contribution < 1.29 is 9.90 Å². The summed E-state index contributed by atoms with van der Waals surface area (Å²) in [5, 5.41) is 13.7. The summed E-state index contributed by atoms with van der Waals surface area (Å²) in [4.78, 5) is 16.7. The van der Waals surface area contributed by atoms with E-state index < -0.39 is 0 Å². The largest absolute Gasteiger partial charge is 0.392 e. The molecule has 6 heteroatoms. The van der Waals surface area contributed by atoms with E-state index in [0.29, 0.717) is 25.2 Å². The van der Waals surface area contributed by atoms with Crippen LogP contribution in [-0.4, -0.2) is 69.4 Å². The molecule has 1 amide bonds. The van der Waals surface area contributed by atoms with E-state index in [-0.39, 0.29) is 12.0 Å². The quantitative estimate of drug-likeness (QED) is 0.919. The van der Waals surface area contributed by atoms with Crippen molar-refractivity contribution in [1.82, 2.24) is 19.6 Å². The van der Waals surface area contributed by atoms with Crippen molar-refractivity contribution in [2.45, 2.75) is 20.0 Å². The number of nitrogens with zero attached hydrogens (tertiary/aromatic N) is 4. The summed E-state index contributed by atoms with van der Waals surface area (Å²) < 4.78 is 1.80. The first-order valence-electron chi connectivity index (χ1n) is 8.34. The Balaban J connectivity index is 1.61. The number of benzene rings is 1. The summed E-state index contributed by atoms with van der Waals surface area (Å²) in [5.74, 6) is 0.0647. The molecule has 1 N–H and O–H groups in total. The number of aliphatic hydroxyl groups excluding tert-OH is 1. The second-order valence-electron chi connectivity index (χ2n) is 6.45. The molecule has 1 saturated heterocycles. The Morgan fingerprint density at radius 3 is 2.42 bits per heavy atom. The first-order valence-corrected chi connectivity index (χ1v) is 8.34. The highest BCUT2D eigenvalue weighted by Crippen LogP contribution is 2.13. The van der Waals surface area contributed by atoms with Crippen molar-refractivity contribution in [3.63, 3.8) is 0 Å². The van der Waals surface area contributed by atoms with E-state index in [1.165, 1.54) is 0 Å². The lowest BCUT2D eigenvalue weighted by Gasteiger charge is -2.35. The van der Waals surface area contributed by atoms with Crippen LogP contribution < -0.4 is 0 Å². The summed E-state index contributed by atoms with van der Waals surface area (Å²) >= 11 is 0. The van der Waals surface area contributed by atoms with E-state index in [9.17, 15) is 9.90 Å². The van der Waals surface area contributed by atoms with E-state index in [1.807, 2.05) is 48.5 Å². The minimum absolute atomic E-state index is 0.0647. The maximum absolute atomic E-state index is 12.6. The Morgan fingerprint density at radius 1 is 1.21 bits per heavy atom. The molecule has 0 saturated carbocycles. The van der Waals surface area contributed by atoms with Crippen LogP contribution >= 0.6 is 0 Å². The number of rotatable bonds is 4.